The van der Waals surface area contributed by atoms with E-state index in [0.717, 1.165) is 22.3 Å². The van der Waals surface area contributed by atoms with Crippen LogP contribution in [0, 0.1) is 6.07 Å². The fourth-order valence-corrected chi connectivity index (χ4v) is 2.80. The van der Waals surface area contributed by atoms with Crippen LogP contribution in [-0.4, -0.2) is 24.2 Å². The number of ether oxygens (including phenoxy) is 2. The highest BCUT2D eigenvalue weighted by molar-refractivity contribution is 5.82. The van der Waals surface area contributed by atoms with E-state index in [1.165, 1.54) is 0 Å². The number of hydrogen-bond acceptors (Lipinski definition) is 5. The van der Waals surface area contributed by atoms with E-state index in [0.29, 0.717) is 23.1 Å². The fourth-order valence-electron chi connectivity index (χ4n) is 2.80. The molecule has 0 bridgehead atoms. The van der Waals surface area contributed by atoms with E-state index in [2.05, 4.69) is 21.2 Å². The van der Waals surface area contributed by atoms with Crippen LogP contribution in [-0.2, 0) is 0 Å². The number of methoxy groups -OCH3 is 2. The third-order valence-corrected chi connectivity index (χ3v) is 4.23. The van der Waals surface area contributed by atoms with Crippen molar-refractivity contribution < 1.29 is 9.47 Å². The molecular formula is C23H19N4O2+. The van der Waals surface area contributed by atoms with E-state index in [4.69, 9.17) is 14.5 Å². The Morgan fingerprint density at radius 3 is 2.07 bits per heavy atom. The van der Waals surface area contributed by atoms with Gasteiger partial charge >= 0.3 is 5.82 Å². The van der Waals surface area contributed by atoms with Crippen LogP contribution in [0.25, 0.3) is 15.9 Å². The van der Waals surface area contributed by atoms with E-state index >= 15 is 0 Å². The van der Waals surface area contributed by atoms with Gasteiger partial charge in [0, 0.05) is 23.9 Å². The number of benzene rings is 3. The lowest BCUT2D eigenvalue weighted by Crippen LogP contribution is -1.98. The maximum absolute atomic E-state index is 5.35. The first-order valence-electron chi connectivity index (χ1n) is 9.04. The molecule has 0 aliphatic carbocycles. The topological polar surface area (TPSA) is 60.6 Å². The second-order valence-corrected chi connectivity index (χ2v) is 6.20. The third kappa shape index (κ3) is 4.25. The summed E-state index contributed by atoms with van der Waals surface area (Å²) in [6, 6.07) is 25.9. The van der Waals surface area contributed by atoms with E-state index in [-0.39, 0.29) is 0 Å². The molecule has 1 heterocycles. The summed E-state index contributed by atoms with van der Waals surface area (Å²) in [4.78, 5) is 13.8. The number of rotatable bonds is 4. The van der Waals surface area contributed by atoms with E-state index in [1.54, 1.807) is 20.3 Å². The molecule has 4 rings (SSSR count). The quantitative estimate of drug-likeness (QED) is 0.511. The van der Waals surface area contributed by atoms with Crippen molar-refractivity contribution in [2.75, 3.05) is 19.5 Å². The van der Waals surface area contributed by atoms with Crippen molar-refractivity contribution in [2.45, 2.75) is 0 Å². The maximum Gasteiger partial charge on any atom is 0.469 e. The average molecular weight is 383 g/mol. The van der Waals surface area contributed by atoms with Crippen LogP contribution < -0.4 is 14.8 Å². The van der Waals surface area contributed by atoms with Gasteiger partial charge < -0.3 is 14.8 Å². The van der Waals surface area contributed by atoms with Crippen molar-refractivity contribution in [2.24, 2.45) is 0 Å². The summed E-state index contributed by atoms with van der Waals surface area (Å²) in [5.74, 6) is 2.29. The first-order chi connectivity index (χ1) is 14.2. The van der Waals surface area contributed by atoms with Crippen molar-refractivity contribution in [3.05, 3.63) is 83.2 Å². The van der Waals surface area contributed by atoms with Gasteiger partial charge in [0.1, 0.15) is 17.0 Å². The number of para-hydroxylation sites is 2. The van der Waals surface area contributed by atoms with Gasteiger partial charge in [0.15, 0.2) is 6.07 Å². The van der Waals surface area contributed by atoms with Gasteiger partial charge in [0.05, 0.1) is 19.8 Å². The molecule has 0 amide bonds. The Labute approximate surface area is 168 Å². The monoisotopic (exact) mass is 383 g/mol. The molecule has 0 saturated carbocycles. The first-order valence-corrected chi connectivity index (χ1v) is 9.04. The zero-order valence-corrected chi connectivity index (χ0v) is 16.1. The van der Waals surface area contributed by atoms with Gasteiger partial charge in [-0.15, -0.1) is 4.85 Å². The molecule has 6 heteroatoms. The highest BCUT2D eigenvalue weighted by atomic mass is 16.5. The molecule has 142 valence electrons. The Morgan fingerprint density at radius 2 is 1.41 bits per heavy atom. The van der Waals surface area contributed by atoms with Gasteiger partial charge in [0.2, 0.25) is 11.3 Å². The van der Waals surface area contributed by atoms with Crippen molar-refractivity contribution in [1.29, 1.82) is 0 Å². The number of fused-ring (bicyclic) bond motifs is 1. The first kappa shape index (κ1) is 18.3. The predicted molar refractivity (Wildman–Crippen MR) is 115 cm³/mol. The largest absolute Gasteiger partial charge is 0.497 e. The third-order valence-electron chi connectivity index (χ3n) is 4.23. The van der Waals surface area contributed by atoms with Crippen LogP contribution in [0.5, 0.6) is 11.5 Å². The Balaban J connectivity index is 1.79. The summed E-state index contributed by atoms with van der Waals surface area (Å²) in [6.45, 7) is 0. The number of anilines is 2. The standard InChI is InChI=1S/C23H19N4O2/c1-28-18-12-17(13-19(14-18)29-2)25-23-22(24-15-16-8-4-3-5-9-16)26-20-10-6-7-11-21(20)27-23/h3-14H,1-2H3,(H,25,27)/q+1. The van der Waals surface area contributed by atoms with Crippen LogP contribution in [0.3, 0.4) is 0 Å². The Kier molecular flexibility index (Phi) is 5.21. The molecule has 0 fully saturated rings. The van der Waals surface area contributed by atoms with Crippen molar-refractivity contribution >= 4 is 28.4 Å². The summed E-state index contributed by atoms with van der Waals surface area (Å²) in [5.41, 5.74) is 3.14. The Bertz CT molecular complexity index is 1190. The molecular weight excluding hydrogens is 364 g/mol. The molecule has 29 heavy (non-hydrogen) atoms. The summed E-state index contributed by atoms with van der Waals surface area (Å²) in [5, 5.41) is 3.28. The van der Waals surface area contributed by atoms with Crippen molar-refractivity contribution in [3.8, 4) is 17.6 Å². The minimum absolute atomic E-state index is 0.439. The normalized spacial score (nSPS) is 10.1. The highest BCUT2D eigenvalue weighted by Gasteiger charge is 2.19. The maximum atomic E-state index is 5.35. The van der Waals surface area contributed by atoms with Gasteiger partial charge in [-0.1, -0.05) is 30.3 Å². The zero-order valence-electron chi connectivity index (χ0n) is 16.1. The van der Waals surface area contributed by atoms with Gasteiger partial charge in [-0.05, 0) is 29.2 Å². The second kappa shape index (κ2) is 8.28. The minimum atomic E-state index is 0.439. The molecule has 3 aromatic carbocycles. The smallest absolute Gasteiger partial charge is 0.469 e. The Morgan fingerprint density at radius 1 is 0.793 bits per heavy atom. The summed E-state index contributed by atoms with van der Waals surface area (Å²) in [7, 11) is 3.22. The van der Waals surface area contributed by atoms with Crippen molar-refractivity contribution in [1.82, 2.24) is 9.97 Å². The predicted octanol–water partition coefficient (Wildman–Crippen LogP) is 5.40. The van der Waals surface area contributed by atoms with Crippen LogP contribution in [0.2, 0.25) is 0 Å². The van der Waals surface area contributed by atoms with E-state index in [9.17, 15) is 0 Å². The molecule has 0 saturated heterocycles. The molecule has 0 radical (unpaired) electrons. The summed E-state index contributed by atoms with van der Waals surface area (Å²) in [6.07, 6.45) is 0. The second-order valence-electron chi connectivity index (χ2n) is 6.20. The number of nitrogens with one attached hydrogen (secondary N) is 1. The molecule has 0 aliphatic heterocycles. The average Bonchev–Trinajstić information content (AvgIpc) is 2.78. The van der Waals surface area contributed by atoms with Gasteiger partial charge in [-0.25, -0.2) is 4.98 Å². The number of aromatic nitrogens is 2. The highest BCUT2D eigenvalue weighted by Crippen LogP contribution is 2.31. The molecule has 6 nitrogen and oxygen atoms in total. The van der Waals surface area contributed by atoms with Gasteiger partial charge in [0.25, 0.3) is 0 Å². The minimum Gasteiger partial charge on any atom is -0.497 e. The lowest BCUT2D eigenvalue weighted by molar-refractivity contribution is 0.395. The molecule has 0 spiro atoms. The SMILES string of the molecule is COc1cc(Nc2nc3ccccc3nc2[N+]#Cc2ccccc2)cc(OC)c1. The number of nitrogens with zero attached hydrogens (tertiary/aromatic N) is 3. The summed E-state index contributed by atoms with van der Waals surface area (Å²) < 4.78 is 10.7. The van der Waals surface area contributed by atoms with Crippen LogP contribution in [0.15, 0.2) is 72.8 Å². The number of hydrogen-bond donors (Lipinski definition) is 1. The zero-order chi connectivity index (χ0) is 20.1. The molecule has 0 atom stereocenters. The van der Waals surface area contributed by atoms with Gasteiger partial charge in [-0.2, -0.15) is 0 Å². The van der Waals surface area contributed by atoms with E-state index in [1.807, 2.05) is 66.7 Å². The van der Waals surface area contributed by atoms with Gasteiger partial charge in [-0.3, -0.25) is 0 Å². The fraction of sp³-hybridized carbons (Fsp3) is 0.0870. The lowest BCUT2D eigenvalue weighted by atomic mass is 10.2. The Hall–Kier alpha value is -4.11. The van der Waals surface area contributed by atoms with Crippen molar-refractivity contribution in [3.63, 3.8) is 0 Å². The van der Waals surface area contributed by atoms with Crippen LogP contribution >= 0.6 is 0 Å². The lowest BCUT2D eigenvalue weighted by Gasteiger charge is -2.09. The molecule has 1 aromatic heterocycles. The summed E-state index contributed by atoms with van der Waals surface area (Å²) >= 11 is 0. The van der Waals surface area contributed by atoms with E-state index < -0.39 is 0 Å². The van der Waals surface area contributed by atoms with Crippen LogP contribution in [0.1, 0.15) is 5.56 Å². The molecule has 0 unspecified atom stereocenters. The molecule has 0 aliphatic rings. The van der Waals surface area contributed by atoms with Crippen LogP contribution in [0.4, 0.5) is 17.3 Å². The molecule has 1 N–H and O–H groups in total. The molecule has 4 aromatic rings.